The van der Waals surface area contributed by atoms with Crippen molar-refractivity contribution >= 4 is 22.4 Å². The highest BCUT2D eigenvalue weighted by atomic mass is 32.1. The van der Waals surface area contributed by atoms with Gasteiger partial charge in [0, 0.05) is 24.3 Å². The Morgan fingerprint density at radius 2 is 2.00 bits per heavy atom. The van der Waals surface area contributed by atoms with Crippen molar-refractivity contribution in [3.63, 3.8) is 0 Å². The Kier molecular flexibility index (Phi) is 2.18. The molecule has 1 aromatic heterocycles. The molecular formula is C8H8N4S. The molecule has 0 amide bonds. The summed E-state index contributed by atoms with van der Waals surface area (Å²) in [4.78, 5) is 1.95. The van der Waals surface area contributed by atoms with E-state index in [9.17, 15) is 0 Å². The van der Waals surface area contributed by atoms with Crippen molar-refractivity contribution < 1.29 is 0 Å². The van der Waals surface area contributed by atoms with Crippen LogP contribution < -0.4 is 4.90 Å². The van der Waals surface area contributed by atoms with Gasteiger partial charge in [0.15, 0.2) is 0 Å². The molecule has 0 aliphatic heterocycles. The van der Waals surface area contributed by atoms with Gasteiger partial charge >= 0.3 is 0 Å². The minimum Gasteiger partial charge on any atom is -0.318 e. The van der Waals surface area contributed by atoms with Crippen LogP contribution in [0.5, 0.6) is 0 Å². The van der Waals surface area contributed by atoms with Crippen LogP contribution in [0.3, 0.4) is 0 Å². The van der Waals surface area contributed by atoms with Crippen molar-refractivity contribution in [1.82, 2.24) is 14.8 Å². The largest absolute Gasteiger partial charge is 0.318 e. The zero-order valence-electron chi connectivity index (χ0n) is 7.08. The molecule has 5 heteroatoms. The number of rotatable bonds is 2. The zero-order chi connectivity index (χ0) is 9.10. The van der Waals surface area contributed by atoms with Gasteiger partial charge < -0.3 is 4.90 Å². The van der Waals surface area contributed by atoms with E-state index in [0.29, 0.717) is 0 Å². The summed E-state index contributed by atoms with van der Waals surface area (Å²) in [6.45, 7) is 0. The van der Waals surface area contributed by atoms with E-state index < -0.39 is 0 Å². The van der Waals surface area contributed by atoms with Gasteiger partial charge in [-0.3, -0.25) is 0 Å². The standard InChI is InChI=1S/C8H8N4S/c1-12(8-9-10-11-13-8)7-5-3-2-4-6-7/h2-6H,1H3. The van der Waals surface area contributed by atoms with Crippen LogP contribution in [0.4, 0.5) is 10.8 Å². The third-order valence-electron chi connectivity index (χ3n) is 1.72. The van der Waals surface area contributed by atoms with Crippen LogP contribution in [-0.2, 0) is 0 Å². The molecule has 0 aliphatic carbocycles. The molecule has 2 aromatic rings. The van der Waals surface area contributed by atoms with Crippen molar-refractivity contribution in [1.29, 1.82) is 0 Å². The average molecular weight is 192 g/mol. The first-order chi connectivity index (χ1) is 6.38. The first-order valence-corrected chi connectivity index (χ1v) is 4.59. The molecular weight excluding hydrogens is 184 g/mol. The SMILES string of the molecule is CN(c1ccccc1)c1nnns1. The quantitative estimate of drug-likeness (QED) is 0.726. The van der Waals surface area contributed by atoms with E-state index in [1.165, 1.54) is 11.5 Å². The summed E-state index contributed by atoms with van der Waals surface area (Å²) in [6, 6.07) is 9.99. The van der Waals surface area contributed by atoms with Crippen molar-refractivity contribution in [2.75, 3.05) is 11.9 Å². The molecule has 0 N–H and O–H groups in total. The van der Waals surface area contributed by atoms with Gasteiger partial charge in [0.05, 0.1) is 0 Å². The van der Waals surface area contributed by atoms with Crippen LogP contribution in [0.15, 0.2) is 30.3 Å². The van der Waals surface area contributed by atoms with Crippen LogP contribution in [0, 0.1) is 0 Å². The van der Waals surface area contributed by atoms with E-state index >= 15 is 0 Å². The minimum absolute atomic E-state index is 0.797. The summed E-state index contributed by atoms with van der Waals surface area (Å²) in [6.07, 6.45) is 0. The lowest BCUT2D eigenvalue weighted by molar-refractivity contribution is 0.944. The monoisotopic (exact) mass is 192 g/mol. The van der Waals surface area contributed by atoms with Crippen molar-refractivity contribution in [2.45, 2.75) is 0 Å². The number of benzene rings is 1. The summed E-state index contributed by atoms with van der Waals surface area (Å²) in [7, 11) is 1.94. The topological polar surface area (TPSA) is 41.9 Å². The summed E-state index contributed by atoms with van der Waals surface area (Å²) in [5, 5.41) is 8.22. The smallest absolute Gasteiger partial charge is 0.232 e. The van der Waals surface area contributed by atoms with Gasteiger partial charge in [-0.25, -0.2) is 0 Å². The number of para-hydroxylation sites is 1. The van der Waals surface area contributed by atoms with E-state index in [1.54, 1.807) is 0 Å². The first-order valence-electron chi connectivity index (χ1n) is 3.82. The molecule has 0 spiro atoms. The lowest BCUT2D eigenvalue weighted by Gasteiger charge is -2.13. The van der Waals surface area contributed by atoms with E-state index in [0.717, 1.165) is 10.8 Å². The van der Waals surface area contributed by atoms with Crippen molar-refractivity contribution in [3.05, 3.63) is 30.3 Å². The number of hydrogen-bond acceptors (Lipinski definition) is 5. The molecule has 0 atom stereocenters. The maximum atomic E-state index is 3.88. The Bertz CT molecular complexity index is 359. The summed E-state index contributed by atoms with van der Waals surface area (Å²) in [5.74, 6) is 0. The highest BCUT2D eigenvalue weighted by Crippen LogP contribution is 2.22. The molecule has 0 fully saturated rings. The van der Waals surface area contributed by atoms with Gasteiger partial charge in [-0.05, 0) is 17.3 Å². The molecule has 4 nitrogen and oxygen atoms in total. The van der Waals surface area contributed by atoms with Crippen molar-refractivity contribution in [2.24, 2.45) is 0 Å². The Morgan fingerprint density at radius 1 is 1.23 bits per heavy atom. The van der Waals surface area contributed by atoms with Crippen LogP contribution >= 0.6 is 11.5 Å². The Morgan fingerprint density at radius 3 is 2.62 bits per heavy atom. The third kappa shape index (κ3) is 1.65. The maximum Gasteiger partial charge on any atom is 0.232 e. The third-order valence-corrected chi connectivity index (χ3v) is 2.39. The van der Waals surface area contributed by atoms with Gasteiger partial charge in [-0.15, -0.1) is 0 Å². The average Bonchev–Trinajstić information content (AvgIpc) is 2.71. The molecule has 0 bridgehead atoms. The molecule has 66 valence electrons. The van der Waals surface area contributed by atoms with Crippen LogP contribution in [-0.4, -0.2) is 21.8 Å². The molecule has 1 heterocycles. The van der Waals surface area contributed by atoms with E-state index in [1.807, 2.05) is 42.3 Å². The fourth-order valence-corrected chi connectivity index (χ4v) is 1.47. The predicted octanol–water partition coefficient (Wildman–Crippen LogP) is 1.70. The molecule has 0 saturated carbocycles. The number of anilines is 2. The fourth-order valence-electron chi connectivity index (χ4n) is 1.02. The Balaban J connectivity index is 2.29. The van der Waals surface area contributed by atoms with Gasteiger partial charge in [-0.2, -0.15) is 0 Å². The molecule has 0 unspecified atom stereocenters. The minimum atomic E-state index is 0.797. The Labute approximate surface area is 80.0 Å². The van der Waals surface area contributed by atoms with Gasteiger partial charge in [-0.1, -0.05) is 27.8 Å². The van der Waals surface area contributed by atoms with Crippen LogP contribution in [0.2, 0.25) is 0 Å². The molecule has 0 radical (unpaired) electrons. The van der Waals surface area contributed by atoms with Gasteiger partial charge in [0.25, 0.3) is 0 Å². The van der Waals surface area contributed by atoms with E-state index in [-0.39, 0.29) is 0 Å². The molecule has 1 aromatic carbocycles. The maximum absolute atomic E-state index is 3.88. The van der Waals surface area contributed by atoms with E-state index in [2.05, 4.69) is 14.8 Å². The normalized spacial score (nSPS) is 9.92. The molecule has 0 saturated heterocycles. The number of hydrogen-bond donors (Lipinski definition) is 0. The highest BCUT2D eigenvalue weighted by molar-refractivity contribution is 7.09. The van der Waals surface area contributed by atoms with E-state index in [4.69, 9.17) is 0 Å². The molecule has 2 rings (SSSR count). The number of nitrogens with zero attached hydrogens (tertiary/aromatic N) is 4. The zero-order valence-corrected chi connectivity index (χ0v) is 7.90. The summed E-state index contributed by atoms with van der Waals surface area (Å²) >= 11 is 1.28. The molecule has 13 heavy (non-hydrogen) atoms. The van der Waals surface area contributed by atoms with Gasteiger partial charge in [0.1, 0.15) is 0 Å². The Hall–Kier alpha value is -1.49. The number of aromatic nitrogens is 3. The second-order valence-electron chi connectivity index (χ2n) is 2.54. The summed E-state index contributed by atoms with van der Waals surface area (Å²) < 4.78 is 3.71. The van der Waals surface area contributed by atoms with Crippen molar-refractivity contribution in [3.8, 4) is 0 Å². The second kappa shape index (κ2) is 3.49. The van der Waals surface area contributed by atoms with Crippen LogP contribution in [0.1, 0.15) is 0 Å². The predicted molar refractivity (Wildman–Crippen MR) is 52.2 cm³/mol. The lowest BCUT2D eigenvalue weighted by atomic mass is 10.3. The highest BCUT2D eigenvalue weighted by Gasteiger charge is 2.06. The summed E-state index contributed by atoms with van der Waals surface area (Å²) in [5.41, 5.74) is 1.08. The van der Waals surface area contributed by atoms with Gasteiger partial charge in [0.2, 0.25) is 5.13 Å². The van der Waals surface area contributed by atoms with Crippen LogP contribution in [0.25, 0.3) is 0 Å². The second-order valence-corrected chi connectivity index (χ2v) is 3.25. The fraction of sp³-hybridized carbons (Fsp3) is 0.125. The lowest BCUT2D eigenvalue weighted by Crippen LogP contribution is -2.08. The first kappa shape index (κ1) is 8.12. The molecule has 0 aliphatic rings.